The summed E-state index contributed by atoms with van der Waals surface area (Å²) in [5.41, 5.74) is 6.13. The molecule has 0 fully saturated rings. The molecule has 3 rings (SSSR count). The summed E-state index contributed by atoms with van der Waals surface area (Å²) in [6.07, 6.45) is -0.686. The summed E-state index contributed by atoms with van der Waals surface area (Å²) in [7, 11) is 0. The molecule has 3 aromatic rings. The Morgan fingerprint density at radius 3 is 2.18 bits per heavy atom. The van der Waals surface area contributed by atoms with Gasteiger partial charge in [-0.25, -0.2) is 0 Å². The number of ketones is 1. The van der Waals surface area contributed by atoms with Crippen molar-refractivity contribution in [1.29, 1.82) is 0 Å². The second-order valence-corrected chi connectivity index (χ2v) is 9.69. The molecule has 1 amide bonds. The van der Waals surface area contributed by atoms with Crippen LogP contribution < -0.4 is 10.1 Å². The van der Waals surface area contributed by atoms with Gasteiger partial charge >= 0.3 is 0 Å². The van der Waals surface area contributed by atoms with Crippen LogP contribution in [0.1, 0.15) is 65.9 Å². The van der Waals surface area contributed by atoms with Crippen LogP contribution in [0.2, 0.25) is 0 Å². The number of carbonyl (C=O) groups excluding carboxylic acids is 2. The van der Waals surface area contributed by atoms with E-state index in [0.29, 0.717) is 22.6 Å². The van der Waals surface area contributed by atoms with Gasteiger partial charge in [0.25, 0.3) is 5.91 Å². The predicted octanol–water partition coefficient (Wildman–Crippen LogP) is 6.55. The quantitative estimate of drug-likeness (QED) is 0.440. The van der Waals surface area contributed by atoms with E-state index in [2.05, 4.69) is 32.2 Å². The molecule has 3 aromatic carbocycles. The zero-order valence-electron chi connectivity index (χ0n) is 20.6. The number of benzene rings is 3. The lowest BCUT2D eigenvalue weighted by atomic mass is 9.86. The first-order valence-corrected chi connectivity index (χ1v) is 11.3. The maximum absolute atomic E-state index is 13.0. The molecule has 0 unspecified atom stereocenters. The Morgan fingerprint density at radius 2 is 1.55 bits per heavy atom. The highest BCUT2D eigenvalue weighted by molar-refractivity contribution is 6.09. The van der Waals surface area contributed by atoms with Crippen molar-refractivity contribution in [3.63, 3.8) is 0 Å². The number of hydrogen-bond acceptors (Lipinski definition) is 3. The van der Waals surface area contributed by atoms with Crippen LogP contribution in [0.25, 0.3) is 0 Å². The Hall–Kier alpha value is -3.40. The first-order chi connectivity index (χ1) is 15.5. The zero-order valence-corrected chi connectivity index (χ0v) is 20.6. The van der Waals surface area contributed by atoms with Crippen molar-refractivity contribution in [2.75, 3.05) is 5.32 Å². The first-order valence-electron chi connectivity index (χ1n) is 11.3. The van der Waals surface area contributed by atoms with Crippen LogP contribution in [0, 0.1) is 20.8 Å². The van der Waals surface area contributed by atoms with E-state index in [1.54, 1.807) is 31.2 Å². The molecule has 0 aromatic heterocycles. The zero-order chi connectivity index (χ0) is 24.3. The number of amides is 1. The molecule has 4 heteroatoms. The molecule has 0 aliphatic carbocycles. The van der Waals surface area contributed by atoms with Crippen molar-refractivity contribution in [2.24, 2.45) is 0 Å². The minimum Gasteiger partial charge on any atom is -0.481 e. The number of aryl methyl sites for hydroxylation is 2. The molecule has 172 valence electrons. The summed E-state index contributed by atoms with van der Waals surface area (Å²) in [6, 6.07) is 18.7. The third-order valence-corrected chi connectivity index (χ3v) is 5.84. The lowest BCUT2D eigenvalue weighted by Gasteiger charge is -2.19. The Kier molecular flexibility index (Phi) is 7.06. The maximum Gasteiger partial charge on any atom is 0.265 e. The van der Waals surface area contributed by atoms with Crippen molar-refractivity contribution in [3.05, 3.63) is 94.0 Å². The minimum atomic E-state index is -0.686. The van der Waals surface area contributed by atoms with Crippen LogP contribution in [0.4, 0.5) is 5.69 Å². The van der Waals surface area contributed by atoms with Crippen LogP contribution in [0.3, 0.4) is 0 Å². The molecule has 0 heterocycles. The minimum absolute atomic E-state index is 0.0280. The van der Waals surface area contributed by atoms with Crippen LogP contribution in [0.15, 0.2) is 60.7 Å². The van der Waals surface area contributed by atoms with Crippen molar-refractivity contribution in [2.45, 2.75) is 60.0 Å². The Morgan fingerprint density at radius 1 is 0.879 bits per heavy atom. The highest BCUT2D eigenvalue weighted by Gasteiger charge is 2.18. The van der Waals surface area contributed by atoms with E-state index >= 15 is 0 Å². The average Bonchev–Trinajstić information content (AvgIpc) is 2.76. The van der Waals surface area contributed by atoms with Gasteiger partial charge in [-0.2, -0.15) is 0 Å². The molecular formula is C29H33NO3. The Balaban J connectivity index is 1.72. The standard InChI is InChI=1S/C29H33NO3/c1-18-15-19(2)20(3)26(16-18)33-21(4)28(32)30-25-10-8-9-23(17-25)27(31)22-11-13-24(14-12-22)29(5,6)7/h8-17,21H,1-7H3,(H,30,32)/t21-/m1/s1. The third kappa shape index (κ3) is 5.89. The van der Waals surface area contributed by atoms with Gasteiger partial charge in [-0.15, -0.1) is 0 Å². The maximum atomic E-state index is 13.0. The largest absolute Gasteiger partial charge is 0.481 e. The summed E-state index contributed by atoms with van der Waals surface area (Å²) < 4.78 is 5.95. The van der Waals surface area contributed by atoms with Crippen molar-refractivity contribution in [1.82, 2.24) is 0 Å². The molecule has 1 atom stereocenters. The average molecular weight is 444 g/mol. The van der Waals surface area contributed by atoms with E-state index in [-0.39, 0.29) is 17.1 Å². The molecule has 0 aliphatic heterocycles. The Labute approximate surface area is 197 Å². The number of ether oxygens (including phenoxy) is 1. The van der Waals surface area contributed by atoms with Crippen LogP contribution in [-0.2, 0) is 10.2 Å². The summed E-state index contributed by atoms with van der Waals surface area (Å²) in [6.45, 7) is 14.2. The van der Waals surface area contributed by atoms with E-state index in [4.69, 9.17) is 4.74 Å². The van der Waals surface area contributed by atoms with E-state index in [0.717, 1.165) is 16.7 Å². The molecule has 4 nitrogen and oxygen atoms in total. The second-order valence-electron chi connectivity index (χ2n) is 9.69. The molecule has 1 N–H and O–H groups in total. The number of rotatable bonds is 6. The van der Waals surface area contributed by atoms with E-state index in [1.165, 1.54) is 5.56 Å². The summed E-state index contributed by atoms with van der Waals surface area (Å²) in [5.74, 6) is 0.354. The first kappa shape index (κ1) is 24.2. The summed E-state index contributed by atoms with van der Waals surface area (Å²) in [4.78, 5) is 25.7. The van der Waals surface area contributed by atoms with Crippen LogP contribution in [0.5, 0.6) is 5.75 Å². The summed E-state index contributed by atoms with van der Waals surface area (Å²) in [5, 5.41) is 2.87. The third-order valence-electron chi connectivity index (χ3n) is 5.84. The van der Waals surface area contributed by atoms with Crippen molar-refractivity contribution < 1.29 is 14.3 Å². The van der Waals surface area contributed by atoms with Gasteiger partial charge in [0.2, 0.25) is 0 Å². The molecule has 0 bridgehead atoms. The number of nitrogens with one attached hydrogen (secondary N) is 1. The van der Waals surface area contributed by atoms with Gasteiger partial charge in [0.15, 0.2) is 11.9 Å². The van der Waals surface area contributed by atoms with E-state index in [1.807, 2.05) is 51.1 Å². The monoisotopic (exact) mass is 443 g/mol. The summed E-state index contributed by atoms with van der Waals surface area (Å²) >= 11 is 0. The number of anilines is 1. The molecule has 0 aliphatic rings. The predicted molar refractivity (Wildman–Crippen MR) is 134 cm³/mol. The highest BCUT2D eigenvalue weighted by Crippen LogP contribution is 2.25. The number of carbonyl (C=O) groups is 2. The normalized spacial score (nSPS) is 12.2. The molecule has 0 saturated carbocycles. The highest BCUT2D eigenvalue weighted by atomic mass is 16.5. The van der Waals surface area contributed by atoms with E-state index in [9.17, 15) is 9.59 Å². The lowest BCUT2D eigenvalue weighted by molar-refractivity contribution is -0.122. The fraction of sp³-hybridized carbons (Fsp3) is 0.310. The van der Waals surface area contributed by atoms with Crippen LogP contribution >= 0.6 is 0 Å². The van der Waals surface area contributed by atoms with Gasteiger partial charge in [-0.05, 0) is 73.6 Å². The molecule has 33 heavy (non-hydrogen) atoms. The fourth-order valence-corrected chi connectivity index (χ4v) is 3.64. The van der Waals surface area contributed by atoms with Gasteiger partial charge in [0.1, 0.15) is 5.75 Å². The SMILES string of the molecule is Cc1cc(C)c(C)c(O[C@H](C)C(=O)Nc2cccc(C(=O)c3ccc(C(C)(C)C)cc3)c2)c1. The number of hydrogen-bond donors (Lipinski definition) is 1. The molecule has 0 spiro atoms. The Bertz CT molecular complexity index is 1170. The van der Waals surface area contributed by atoms with Crippen LogP contribution in [-0.4, -0.2) is 17.8 Å². The van der Waals surface area contributed by atoms with Gasteiger partial charge in [-0.1, -0.05) is 63.2 Å². The lowest BCUT2D eigenvalue weighted by Crippen LogP contribution is -2.30. The van der Waals surface area contributed by atoms with Crippen molar-refractivity contribution >= 4 is 17.4 Å². The molecule has 0 saturated heterocycles. The smallest absolute Gasteiger partial charge is 0.265 e. The van der Waals surface area contributed by atoms with Gasteiger partial charge < -0.3 is 10.1 Å². The molecular weight excluding hydrogens is 410 g/mol. The van der Waals surface area contributed by atoms with Gasteiger partial charge in [0.05, 0.1) is 0 Å². The fourth-order valence-electron chi connectivity index (χ4n) is 3.64. The topological polar surface area (TPSA) is 55.4 Å². The second kappa shape index (κ2) is 9.62. The molecule has 0 radical (unpaired) electrons. The van der Waals surface area contributed by atoms with Gasteiger partial charge in [-0.3, -0.25) is 9.59 Å². The van der Waals surface area contributed by atoms with E-state index < -0.39 is 6.10 Å². The van der Waals surface area contributed by atoms with Gasteiger partial charge in [0, 0.05) is 16.8 Å². The van der Waals surface area contributed by atoms with Crippen molar-refractivity contribution in [3.8, 4) is 5.75 Å².